The molecule has 1 aromatic heterocycles. The van der Waals surface area contributed by atoms with Crippen molar-refractivity contribution in [2.24, 2.45) is 7.05 Å². The Kier molecular flexibility index (Phi) is 2.79. The molecule has 2 unspecified atom stereocenters. The predicted octanol–water partition coefficient (Wildman–Crippen LogP) is -0.308. The van der Waals surface area contributed by atoms with Crippen LogP contribution in [-0.4, -0.2) is 26.4 Å². The van der Waals surface area contributed by atoms with Gasteiger partial charge in [-0.1, -0.05) is 0 Å². The van der Waals surface area contributed by atoms with Crippen molar-refractivity contribution in [1.82, 2.24) is 14.5 Å². The van der Waals surface area contributed by atoms with Gasteiger partial charge < -0.3 is 16.2 Å². The summed E-state index contributed by atoms with van der Waals surface area (Å²) >= 11 is 0. The number of nitrogens with two attached hydrogens (primary N) is 1. The zero-order valence-corrected chi connectivity index (χ0v) is 11.0. The van der Waals surface area contributed by atoms with Crippen LogP contribution < -0.4 is 16.7 Å². The van der Waals surface area contributed by atoms with Gasteiger partial charge in [-0.05, 0) is 31.0 Å². The zero-order chi connectivity index (χ0) is 14.4. The molecule has 20 heavy (non-hydrogen) atoms. The van der Waals surface area contributed by atoms with Crippen molar-refractivity contribution in [2.45, 2.75) is 25.1 Å². The number of benzene rings is 1. The molecular formula is C13H16N4O3. The molecule has 1 aliphatic heterocycles. The second-order valence-corrected chi connectivity index (χ2v) is 5.08. The van der Waals surface area contributed by atoms with Crippen molar-refractivity contribution in [3.8, 4) is 0 Å². The Morgan fingerprint density at radius 2 is 2.05 bits per heavy atom. The summed E-state index contributed by atoms with van der Waals surface area (Å²) in [6.45, 7) is 0. The molecule has 4 N–H and O–H groups in total. The molecule has 0 bridgehead atoms. The summed E-state index contributed by atoms with van der Waals surface area (Å²) in [4.78, 5) is 24.4. The zero-order valence-electron chi connectivity index (χ0n) is 11.0. The van der Waals surface area contributed by atoms with E-state index in [0.29, 0.717) is 29.6 Å². The van der Waals surface area contributed by atoms with Gasteiger partial charge in [0.25, 0.3) is 0 Å². The van der Waals surface area contributed by atoms with E-state index in [9.17, 15) is 14.7 Å². The number of hydrogen-bond donors (Lipinski definition) is 3. The largest absolute Gasteiger partial charge is 0.399 e. The van der Waals surface area contributed by atoms with E-state index in [4.69, 9.17) is 5.73 Å². The maximum Gasteiger partial charge on any atom is 0.329 e. The van der Waals surface area contributed by atoms with Gasteiger partial charge >= 0.3 is 5.69 Å². The van der Waals surface area contributed by atoms with Gasteiger partial charge in [0, 0.05) is 12.7 Å². The molecule has 0 aliphatic carbocycles. The Morgan fingerprint density at radius 3 is 2.75 bits per heavy atom. The van der Waals surface area contributed by atoms with Gasteiger partial charge in [-0.2, -0.15) is 0 Å². The standard InChI is InChI=1S/C13H16N4O3/c1-16-10-6-7(14)2-3-8(10)17(13(16)20)9-4-5-11(18)15-12(9)19/h2-3,6,9,11,18H,4-5,14H2,1H3,(H,15,19). The normalized spacial score (nSPS) is 23.0. The number of nitrogens with zero attached hydrogens (tertiary/aromatic N) is 2. The number of aliphatic hydroxyl groups excluding tert-OH is 1. The lowest BCUT2D eigenvalue weighted by Crippen LogP contribution is -2.46. The number of carbonyl (C=O) groups excluding carboxylic acids is 1. The van der Waals surface area contributed by atoms with Gasteiger partial charge in [0.05, 0.1) is 11.0 Å². The number of imidazole rings is 1. The van der Waals surface area contributed by atoms with Gasteiger partial charge in [0.2, 0.25) is 5.91 Å². The van der Waals surface area contributed by atoms with E-state index in [1.54, 1.807) is 25.2 Å². The molecule has 0 radical (unpaired) electrons. The van der Waals surface area contributed by atoms with Gasteiger partial charge in [0.1, 0.15) is 12.3 Å². The molecule has 7 heteroatoms. The first-order chi connectivity index (χ1) is 9.49. The molecule has 1 amide bonds. The molecule has 0 saturated carbocycles. The number of carbonyl (C=O) groups is 1. The van der Waals surface area contributed by atoms with Crippen LogP contribution in [0.1, 0.15) is 18.9 Å². The van der Waals surface area contributed by atoms with Gasteiger partial charge in [0.15, 0.2) is 0 Å². The molecule has 2 atom stereocenters. The minimum Gasteiger partial charge on any atom is -0.399 e. The molecule has 3 rings (SSSR count). The van der Waals surface area contributed by atoms with Gasteiger partial charge in [-0.3, -0.25) is 13.9 Å². The number of anilines is 1. The fourth-order valence-corrected chi connectivity index (χ4v) is 2.71. The molecule has 2 aromatic rings. The number of rotatable bonds is 1. The minimum atomic E-state index is -0.833. The van der Waals surface area contributed by atoms with Crippen LogP contribution in [0.15, 0.2) is 23.0 Å². The molecule has 106 valence electrons. The number of nitrogens with one attached hydrogen (secondary N) is 1. The third-order valence-corrected chi connectivity index (χ3v) is 3.75. The average molecular weight is 276 g/mol. The maximum absolute atomic E-state index is 12.4. The van der Waals surface area contributed by atoms with Crippen LogP contribution in [0.3, 0.4) is 0 Å². The highest BCUT2D eigenvalue weighted by atomic mass is 16.3. The van der Waals surface area contributed by atoms with E-state index < -0.39 is 12.3 Å². The number of amides is 1. The highest BCUT2D eigenvalue weighted by molar-refractivity contribution is 5.85. The smallest absolute Gasteiger partial charge is 0.329 e. The van der Waals surface area contributed by atoms with Crippen LogP contribution in [0.25, 0.3) is 11.0 Å². The van der Waals surface area contributed by atoms with Crippen LogP contribution in [0.2, 0.25) is 0 Å². The van der Waals surface area contributed by atoms with Gasteiger partial charge in [-0.15, -0.1) is 0 Å². The Hall–Kier alpha value is -2.28. The first-order valence-electron chi connectivity index (χ1n) is 6.44. The number of aliphatic hydroxyl groups is 1. The number of fused-ring (bicyclic) bond motifs is 1. The molecule has 1 aromatic carbocycles. The fourth-order valence-electron chi connectivity index (χ4n) is 2.71. The summed E-state index contributed by atoms with van der Waals surface area (Å²) in [5, 5.41) is 11.9. The minimum absolute atomic E-state index is 0.262. The highest BCUT2D eigenvalue weighted by Crippen LogP contribution is 2.24. The van der Waals surface area contributed by atoms with Crippen molar-refractivity contribution in [2.75, 3.05) is 5.73 Å². The molecule has 7 nitrogen and oxygen atoms in total. The Labute approximate surface area is 114 Å². The van der Waals surface area contributed by atoms with E-state index >= 15 is 0 Å². The number of aromatic nitrogens is 2. The highest BCUT2D eigenvalue weighted by Gasteiger charge is 2.31. The van der Waals surface area contributed by atoms with Crippen molar-refractivity contribution in [3.63, 3.8) is 0 Å². The molecule has 1 aliphatic rings. The van der Waals surface area contributed by atoms with E-state index in [-0.39, 0.29) is 11.6 Å². The monoisotopic (exact) mass is 276 g/mol. The first kappa shape index (κ1) is 12.7. The number of hydrogen-bond acceptors (Lipinski definition) is 4. The summed E-state index contributed by atoms with van der Waals surface area (Å²) in [5.74, 6) is -0.338. The molecule has 0 spiro atoms. The van der Waals surface area contributed by atoms with E-state index in [1.807, 2.05) is 0 Å². The lowest BCUT2D eigenvalue weighted by molar-refractivity contribution is -0.130. The number of aryl methyl sites for hydroxylation is 1. The molecular weight excluding hydrogens is 260 g/mol. The quantitative estimate of drug-likeness (QED) is 0.622. The summed E-state index contributed by atoms with van der Waals surface area (Å²) in [6, 6.07) is 4.55. The Bertz CT molecular complexity index is 746. The van der Waals surface area contributed by atoms with E-state index in [0.717, 1.165) is 0 Å². The lowest BCUT2D eigenvalue weighted by atomic mass is 10.1. The third-order valence-electron chi connectivity index (χ3n) is 3.75. The van der Waals surface area contributed by atoms with E-state index in [2.05, 4.69) is 5.32 Å². The molecule has 1 saturated heterocycles. The van der Waals surface area contributed by atoms with Crippen LogP contribution >= 0.6 is 0 Å². The van der Waals surface area contributed by atoms with Crippen LogP contribution in [0.4, 0.5) is 5.69 Å². The van der Waals surface area contributed by atoms with Crippen molar-refractivity contribution >= 4 is 22.6 Å². The van der Waals surface area contributed by atoms with Gasteiger partial charge in [-0.25, -0.2) is 4.79 Å². The van der Waals surface area contributed by atoms with Crippen molar-refractivity contribution in [3.05, 3.63) is 28.7 Å². The predicted molar refractivity (Wildman–Crippen MR) is 74.0 cm³/mol. The lowest BCUT2D eigenvalue weighted by Gasteiger charge is -2.26. The Morgan fingerprint density at radius 1 is 1.30 bits per heavy atom. The maximum atomic E-state index is 12.4. The summed E-state index contributed by atoms with van der Waals surface area (Å²) < 4.78 is 2.94. The second kappa shape index (κ2) is 4.38. The topological polar surface area (TPSA) is 102 Å². The number of piperidine rings is 1. The third kappa shape index (κ3) is 1.78. The van der Waals surface area contributed by atoms with Crippen molar-refractivity contribution < 1.29 is 9.90 Å². The fraction of sp³-hybridized carbons (Fsp3) is 0.385. The summed E-state index contributed by atoms with van der Waals surface area (Å²) in [6.07, 6.45) is 0.0185. The summed E-state index contributed by atoms with van der Waals surface area (Å²) in [5.41, 5.74) is 7.40. The van der Waals surface area contributed by atoms with Crippen molar-refractivity contribution in [1.29, 1.82) is 0 Å². The summed E-state index contributed by atoms with van der Waals surface area (Å²) in [7, 11) is 1.65. The Balaban J connectivity index is 2.19. The van der Waals surface area contributed by atoms with Crippen LogP contribution in [0, 0.1) is 0 Å². The number of nitrogen functional groups attached to an aromatic ring is 1. The van der Waals surface area contributed by atoms with Crippen LogP contribution in [0.5, 0.6) is 0 Å². The van der Waals surface area contributed by atoms with Crippen LogP contribution in [-0.2, 0) is 11.8 Å². The molecule has 1 fully saturated rings. The first-order valence-corrected chi connectivity index (χ1v) is 6.44. The SMILES string of the molecule is Cn1c(=O)n(C2CCC(O)NC2=O)c2ccc(N)cc21. The van der Waals surface area contributed by atoms with E-state index in [1.165, 1.54) is 9.13 Å². The average Bonchev–Trinajstić information content (AvgIpc) is 2.63. The second-order valence-electron chi connectivity index (χ2n) is 5.08. The molecule has 2 heterocycles.